The minimum Gasteiger partial charge on any atom is -0.455 e. The topological polar surface area (TPSA) is 44.8 Å². The number of ether oxygens (including phenoxy) is 3. The maximum Gasteiger partial charge on any atom is 0.333 e. The van der Waals surface area contributed by atoms with E-state index < -0.39 is 5.60 Å². The van der Waals surface area contributed by atoms with E-state index in [0.717, 1.165) is 42.7 Å². The Kier molecular flexibility index (Phi) is 6.08. The van der Waals surface area contributed by atoms with Crippen LogP contribution in [0.25, 0.3) is 0 Å². The summed E-state index contributed by atoms with van der Waals surface area (Å²) in [7, 11) is 0. The van der Waals surface area contributed by atoms with Gasteiger partial charge in [-0.15, -0.1) is 0 Å². The molecule has 4 heteroatoms. The number of aryl methyl sites for hydroxylation is 1. The molecule has 2 aromatic rings. The largest absolute Gasteiger partial charge is 0.455 e. The lowest BCUT2D eigenvalue weighted by atomic mass is 9.91. The number of fused-ring (bicyclic) bond motifs is 1. The standard InChI is InChI=1S/C24H28O4/c1-5-16-24(4,28-23(25)17(2)3)19-11-13-20(14-12-19)26-22-15-10-18-8-6-7-9-21(18)27-22/h6-9,11-14,22H,2,5,10,15-16H2,1,3-4H3. The van der Waals surface area contributed by atoms with E-state index in [1.807, 2.05) is 49.4 Å². The fourth-order valence-electron chi connectivity index (χ4n) is 3.44. The van der Waals surface area contributed by atoms with E-state index in [0.29, 0.717) is 5.57 Å². The zero-order valence-corrected chi connectivity index (χ0v) is 16.9. The van der Waals surface area contributed by atoms with Crippen LogP contribution in [0.5, 0.6) is 11.5 Å². The first kappa shape index (κ1) is 20.0. The Hall–Kier alpha value is -2.75. The van der Waals surface area contributed by atoms with Crippen LogP contribution in [0.4, 0.5) is 0 Å². The van der Waals surface area contributed by atoms with Crippen LogP contribution in [0.3, 0.4) is 0 Å². The number of carbonyl (C=O) groups is 1. The Labute approximate surface area is 167 Å². The van der Waals surface area contributed by atoms with Crippen molar-refractivity contribution in [3.05, 3.63) is 71.8 Å². The van der Waals surface area contributed by atoms with Gasteiger partial charge in [-0.05, 0) is 56.0 Å². The van der Waals surface area contributed by atoms with Gasteiger partial charge in [-0.1, -0.05) is 50.3 Å². The van der Waals surface area contributed by atoms with Gasteiger partial charge in [0, 0.05) is 12.0 Å². The third-order valence-electron chi connectivity index (χ3n) is 5.01. The SMILES string of the molecule is C=C(C)C(=O)OC(C)(CCC)c1ccc(OC2CCc3ccccc3O2)cc1. The molecular weight excluding hydrogens is 352 g/mol. The molecule has 148 valence electrons. The minimum atomic E-state index is -0.691. The van der Waals surface area contributed by atoms with Gasteiger partial charge in [0.2, 0.25) is 6.29 Å². The van der Waals surface area contributed by atoms with Gasteiger partial charge in [0.1, 0.15) is 17.1 Å². The second-order valence-electron chi connectivity index (χ2n) is 7.49. The fourth-order valence-corrected chi connectivity index (χ4v) is 3.44. The monoisotopic (exact) mass is 380 g/mol. The van der Waals surface area contributed by atoms with E-state index in [9.17, 15) is 4.79 Å². The van der Waals surface area contributed by atoms with Gasteiger partial charge in [0.05, 0.1) is 0 Å². The lowest BCUT2D eigenvalue weighted by molar-refractivity contribution is -0.155. The van der Waals surface area contributed by atoms with Crippen LogP contribution in [-0.2, 0) is 21.6 Å². The maximum atomic E-state index is 12.1. The Balaban J connectivity index is 1.70. The summed E-state index contributed by atoms with van der Waals surface area (Å²) in [5, 5.41) is 0. The molecule has 0 radical (unpaired) electrons. The average molecular weight is 380 g/mol. The lowest BCUT2D eigenvalue weighted by Gasteiger charge is -2.30. The number of hydrogen-bond donors (Lipinski definition) is 0. The van der Waals surface area contributed by atoms with E-state index in [-0.39, 0.29) is 12.3 Å². The molecule has 2 aromatic carbocycles. The summed E-state index contributed by atoms with van der Waals surface area (Å²) in [6.45, 7) is 9.35. The molecule has 3 rings (SSSR count). The van der Waals surface area contributed by atoms with E-state index in [1.165, 1.54) is 5.56 Å². The van der Waals surface area contributed by atoms with Crippen molar-refractivity contribution in [3.8, 4) is 11.5 Å². The number of esters is 1. The Morgan fingerprint density at radius 2 is 1.93 bits per heavy atom. The number of benzene rings is 2. The second-order valence-corrected chi connectivity index (χ2v) is 7.49. The normalized spacial score (nSPS) is 17.6. The molecule has 0 spiro atoms. The molecule has 0 N–H and O–H groups in total. The van der Waals surface area contributed by atoms with Gasteiger partial charge in [0.15, 0.2) is 0 Å². The summed E-state index contributed by atoms with van der Waals surface area (Å²) in [5.41, 5.74) is 1.86. The van der Waals surface area contributed by atoms with Crippen LogP contribution >= 0.6 is 0 Å². The highest BCUT2D eigenvalue weighted by Gasteiger charge is 2.30. The molecule has 0 aromatic heterocycles. The third kappa shape index (κ3) is 4.56. The summed E-state index contributed by atoms with van der Waals surface area (Å²) in [4.78, 5) is 12.1. The third-order valence-corrected chi connectivity index (χ3v) is 5.01. The molecule has 0 saturated carbocycles. The molecule has 28 heavy (non-hydrogen) atoms. The van der Waals surface area contributed by atoms with Crippen molar-refractivity contribution in [1.82, 2.24) is 0 Å². The maximum absolute atomic E-state index is 12.1. The Morgan fingerprint density at radius 3 is 2.61 bits per heavy atom. The predicted octanol–water partition coefficient (Wildman–Crippen LogP) is 5.55. The fraction of sp³-hybridized carbons (Fsp3) is 0.375. The van der Waals surface area contributed by atoms with Crippen molar-refractivity contribution in [1.29, 1.82) is 0 Å². The first-order valence-corrected chi connectivity index (χ1v) is 9.82. The smallest absolute Gasteiger partial charge is 0.333 e. The molecular formula is C24H28O4. The van der Waals surface area contributed by atoms with Crippen LogP contribution in [0.1, 0.15) is 51.2 Å². The van der Waals surface area contributed by atoms with Crippen molar-refractivity contribution in [2.24, 2.45) is 0 Å². The second kappa shape index (κ2) is 8.51. The Bertz CT molecular complexity index is 840. The van der Waals surface area contributed by atoms with Crippen LogP contribution in [0, 0.1) is 0 Å². The van der Waals surface area contributed by atoms with Crippen molar-refractivity contribution in [2.45, 2.75) is 58.3 Å². The molecule has 1 heterocycles. The molecule has 1 aliphatic heterocycles. The van der Waals surface area contributed by atoms with Gasteiger partial charge in [0.25, 0.3) is 0 Å². The zero-order valence-electron chi connectivity index (χ0n) is 16.9. The summed E-state index contributed by atoms with van der Waals surface area (Å²) < 4.78 is 17.7. The van der Waals surface area contributed by atoms with Crippen LogP contribution < -0.4 is 9.47 Å². The van der Waals surface area contributed by atoms with Crippen molar-refractivity contribution >= 4 is 5.97 Å². The molecule has 2 atom stereocenters. The quantitative estimate of drug-likeness (QED) is 0.466. The van der Waals surface area contributed by atoms with Crippen LogP contribution in [0.15, 0.2) is 60.7 Å². The van der Waals surface area contributed by atoms with Crippen LogP contribution in [0.2, 0.25) is 0 Å². The lowest BCUT2D eigenvalue weighted by Crippen LogP contribution is -2.30. The number of carbonyl (C=O) groups excluding carboxylic acids is 1. The highest BCUT2D eigenvalue weighted by atomic mass is 16.7. The molecule has 0 bridgehead atoms. The van der Waals surface area contributed by atoms with Crippen molar-refractivity contribution in [3.63, 3.8) is 0 Å². The summed E-state index contributed by atoms with van der Waals surface area (Å²) in [6.07, 6.45) is 3.07. The van der Waals surface area contributed by atoms with Gasteiger partial charge >= 0.3 is 5.97 Å². The summed E-state index contributed by atoms with van der Waals surface area (Å²) >= 11 is 0. The van der Waals surface area contributed by atoms with Gasteiger partial charge in [-0.3, -0.25) is 0 Å². The highest BCUT2D eigenvalue weighted by molar-refractivity contribution is 5.87. The number of hydrogen-bond acceptors (Lipinski definition) is 4. The highest BCUT2D eigenvalue weighted by Crippen LogP contribution is 2.33. The van der Waals surface area contributed by atoms with Crippen LogP contribution in [-0.4, -0.2) is 12.3 Å². The van der Waals surface area contributed by atoms with Gasteiger partial charge in [-0.25, -0.2) is 4.79 Å². The molecule has 0 aliphatic carbocycles. The van der Waals surface area contributed by atoms with E-state index >= 15 is 0 Å². The van der Waals surface area contributed by atoms with Gasteiger partial charge in [-0.2, -0.15) is 0 Å². The molecule has 4 nitrogen and oxygen atoms in total. The number of para-hydroxylation sites is 1. The first-order chi connectivity index (χ1) is 13.4. The van der Waals surface area contributed by atoms with E-state index in [2.05, 4.69) is 19.6 Å². The van der Waals surface area contributed by atoms with E-state index in [1.54, 1.807) is 6.92 Å². The zero-order chi connectivity index (χ0) is 20.1. The van der Waals surface area contributed by atoms with E-state index in [4.69, 9.17) is 14.2 Å². The minimum absolute atomic E-state index is 0.302. The molecule has 0 amide bonds. The summed E-state index contributed by atoms with van der Waals surface area (Å²) in [5.74, 6) is 1.25. The molecule has 1 aliphatic rings. The Morgan fingerprint density at radius 1 is 1.21 bits per heavy atom. The molecule has 0 saturated heterocycles. The van der Waals surface area contributed by atoms with Gasteiger partial charge < -0.3 is 14.2 Å². The average Bonchev–Trinajstić information content (AvgIpc) is 2.68. The van der Waals surface area contributed by atoms with Crippen molar-refractivity contribution < 1.29 is 19.0 Å². The number of rotatable bonds is 7. The van der Waals surface area contributed by atoms with Crippen molar-refractivity contribution in [2.75, 3.05) is 0 Å². The summed E-state index contributed by atoms with van der Waals surface area (Å²) in [6, 6.07) is 15.8. The molecule has 0 fully saturated rings. The molecule has 2 unspecified atom stereocenters. The first-order valence-electron chi connectivity index (χ1n) is 9.82. The predicted molar refractivity (Wildman–Crippen MR) is 109 cm³/mol.